The first-order chi connectivity index (χ1) is 8.90. The third kappa shape index (κ3) is 3.46. The average molecular weight is 440 g/mol. The predicted molar refractivity (Wildman–Crippen MR) is 84.2 cm³/mol. The van der Waals surface area contributed by atoms with E-state index in [1.165, 1.54) is 12.1 Å². The van der Waals surface area contributed by atoms with Crippen molar-refractivity contribution in [2.75, 3.05) is 0 Å². The number of ether oxygens (including phenoxy) is 1. The van der Waals surface area contributed by atoms with Gasteiger partial charge in [0.15, 0.2) is 0 Å². The molecule has 3 N–H and O–H groups in total. The zero-order valence-corrected chi connectivity index (χ0v) is 13.8. The lowest BCUT2D eigenvalue weighted by molar-refractivity contribution is 0.196. The second-order valence-corrected chi connectivity index (χ2v) is 6.45. The van der Waals surface area contributed by atoms with Gasteiger partial charge < -0.3 is 10.1 Å². The molecule has 2 unspecified atom stereocenters. The van der Waals surface area contributed by atoms with Crippen LogP contribution in [0.25, 0.3) is 0 Å². The molecule has 0 aromatic heterocycles. The Morgan fingerprint density at radius 2 is 2.32 bits per heavy atom. The molecule has 0 amide bonds. The number of hydrogen-bond acceptors (Lipinski definition) is 4. The summed E-state index contributed by atoms with van der Waals surface area (Å²) in [6.07, 6.45) is 2.79. The van der Waals surface area contributed by atoms with Crippen molar-refractivity contribution in [2.24, 2.45) is 10.7 Å². The van der Waals surface area contributed by atoms with E-state index in [9.17, 15) is 4.39 Å². The van der Waals surface area contributed by atoms with Gasteiger partial charge in [-0.3, -0.25) is 5.73 Å². The van der Waals surface area contributed by atoms with Crippen molar-refractivity contribution in [3.63, 3.8) is 0 Å². The van der Waals surface area contributed by atoms with Crippen LogP contribution in [-0.2, 0) is 4.74 Å². The van der Waals surface area contributed by atoms with Gasteiger partial charge in [-0.2, -0.15) is 0 Å². The Bertz CT molecular complexity index is 548. The van der Waals surface area contributed by atoms with Crippen LogP contribution in [0, 0.1) is 9.39 Å². The van der Waals surface area contributed by atoms with Crippen molar-refractivity contribution in [3.8, 4) is 0 Å². The fraction of sp³-hybridized carbons (Fsp3) is 0.250. The SMILES string of the molecule is CC(OC1=NC=CNC1(N)Br)c1cc(F)ccc1I. The van der Waals surface area contributed by atoms with Crippen LogP contribution in [0.3, 0.4) is 0 Å². The summed E-state index contributed by atoms with van der Waals surface area (Å²) in [5.74, 6) is -0.00474. The quantitative estimate of drug-likeness (QED) is 0.423. The van der Waals surface area contributed by atoms with Gasteiger partial charge in [-0.15, -0.1) is 0 Å². The zero-order chi connectivity index (χ0) is 14.0. The molecule has 0 spiro atoms. The highest BCUT2D eigenvalue weighted by molar-refractivity contribution is 14.1. The maximum Gasteiger partial charge on any atom is 0.242 e. The maximum atomic E-state index is 13.3. The maximum absolute atomic E-state index is 13.3. The molecule has 1 aromatic rings. The summed E-state index contributed by atoms with van der Waals surface area (Å²) < 4.78 is 18.9. The molecule has 4 nitrogen and oxygen atoms in total. The minimum atomic E-state index is -1.05. The van der Waals surface area contributed by atoms with Gasteiger partial charge in [0, 0.05) is 21.5 Å². The van der Waals surface area contributed by atoms with Gasteiger partial charge in [0.05, 0.1) is 0 Å². The van der Waals surface area contributed by atoms with Gasteiger partial charge >= 0.3 is 0 Å². The smallest absolute Gasteiger partial charge is 0.242 e. The highest BCUT2D eigenvalue weighted by Gasteiger charge is 2.32. The van der Waals surface area contributed by atoms with Gasteiger partial charge in [-0.05, 0) is 63.6 Å². The number of halogens is 3. The van der Waals surface area contributed by atoms with E-state index in [1.54, 1.807) is 18.5 Å². The van der Waals surface area contributed by atoms with Gasteiger partial charge in [-0.1, -0.05) is 0 Å². The van der Waals surface area contributed by atoms with Gasteiger partial charge in [-0.25, -0.2) is 9.38 Å². The number of benzene rings is 1. The van der Waals surface area contributed by atoms with Crippen LogP contribution in [0.1, 0.15) is 18.6 Å². The first-order valence-corrected chi connectivity index (χ1v) is 7.38. The summed E-state index contributed by atoms with van der Waals surface area (Å²) in [7, 11) is 0. The number of aliphatic imine (C=N–C) groups is 1. The van der Waals surface area contributed by atoms with Crippen LogP contribution in [0.15, 0.2) is 35.6 Å². The third-order valence-corrected chi connectivity index (χ3v) is 4.11. The Kier molecular flexibility index (Phi) is 4.46. The normalized spacial score (nSPS) is 23.5. The molecule has 2 rings (SSSR count). The van der Waals surface area contributed by atoms with Crippen molar-refractivity contribution < 1.29 is 9.13 Å². The minimum absolute atomic E-state index is 0.294. The van der Waals surface area contributed by atoms with E-state index in [0.717, 1.165) is 9.13 Å². The Hall–Kier alpha value is -0.670. The third-order valence-electron chi connectivity index (χ3n) is 2.56. The number of hydrogen-bond donors (Lipinski definition) is 2. The van der Waals surface area contributed by atoms with Crippen LogP contribution >= 0.6 is 38.5 Å². The highest BCUT2D eigenvalue weighted by Crippen LogP contribution is 2.26. The molecule has 7 heteroatoms. The molecular weight excluding hydrogens is 428 g/mol. The van der Waals surface area contributed by atoms with Crippen molar-refractivity contribution in [1.29, 1.82) is 0 Å². The summed E-state index contributed by atoms with van der Waals surface area (Å²) in [4.78, 5) is 4.08. The second-order valence-electron chi connectivity index (χ2n) is 4.03. The van der Waals surface area contributed by atoms with Crippen molar-refractivity contribution in [1.82, 2.24) is 5.32 Å². The van der Waals surface area contributed by atoms with Gasteiger partial charge in [0.1, 0.15) is 11.9 Å². The summed E-state index contributed by atoms with van der Waals surface area (Å²) in [5.41, 5.74) is 6.69. The van der Waals surface area contributed by atoms with Crippen molar-refractivity contribution in [2.45, 2.75) is 17.6 Å². The number of nitrogens with one attached hydrogen (secondary N) is 1. The van der Waals surface area contributed by atoms with Crippen molar-refractivity contribution in [3.05, 3.63) is 45.5 Å². The molecule has 102 valence electrons. The lowest BCUT2D eigenvalue weighted by atomic mass is 10.1. The monoisotopic (exact) mass is 439 g/mol. The summed E-state index contributed by atoms with van der Waals surface area (Å²) >= 11 is 5.41. The summed E-state index contributed by atoms with van der Waals surface area (Å²) in [5, 5.41) is 2.87. The van der Waals surface area contributed by atoms with Crippen LogP contribution < -0.4 is 11.1 Å². The molecule has 1 aliphatic rings. The molecule has 1 aromatic carbocycles. The standard InChI is InChI=1S/C12H12BrFIN3O/c1-7(9-6-8(14)2-3-10(9)15)19-11-12(13,16)18-5-4-17-11/h2-7,18H,16H2,1H3. The van der Waals surface area contributed by atoms with Gasteiger partial charge in [0.25, 0.3) is 0 Å². The lowest BCUT2D eigenvalue weighted by Gasteiger charge is -2.29. The topological polar surface area (TPSA) is 59.6 Å². The molecule has 0 saturated heterocycles. The Labute approximate surface area is 132 Å². The van der Waals surface area contributed by atoms with E-state index in [0.29, 0.717) is 5.90 Å². The zero-order valence-electron chi connectivity index (χ0n) is 10.0. The molecule has 1 aliphatic heterocycles. The Balaban J connectivity index is 2.21. The van der Waals surface area contributed by atoms with E-state index in [1.807, 2.05) is 6.92 Å². The lowest BCUT2D eigenvalue weighted by Crippen LogP contribution is -2.54. The Morgan fingerprint density at radius 1 is 1.58 bits per heavy atom. The fourth-order valence-electron chi connectivity index (χ4n) is 1.59. The molecule has 2 atom stereocenters. The van der Waals surface area contributed by atoms with E-state index in [-0.39, 0.29) is 11.9 Å². The summed E-state index contributed by atoms with van der Waals surface area (Å²) in [6.45, 7) is 1.82. The first-order valence-electron chi connectivity index (χ1n) is 5.50. The number of nitrogens with two attached hydrogens (primary N) is 1. The molecule has 0 saturated carbocycles. The molecule has 0 bridgehead atoms. The molecule has 0 radical (unpaired) electrons. The number of rotatable bonds is 2. The van der Waals surface area contributed by atoms with Crippen LogP contribution in [0.4, 0.5) is 4.39 Å². The summed E-state index contributed by atoms with van der Waals surface area (Å²) in [6, 6.07) is 4.57. The first kappa shape index (κ1) is 14.7. The highest BCUT2D eigenvalue weighted by atomic mass is 127. The van der Waals surface area contributed by atoms with Crippen LogP contribution in [-0.4, -0.2) is 10.5 Å². The number of nitrogens with zero attached hydrogens (tertiary/aromatic N) is 1. The van der Waals surface area contributed by atoms with E-state index < -0.39 is 4.57 Å². The van der Waals surface area contributed by atoms with Crippen LogP contribution in [0.2, 0.25) is 0 Å². The largest absolute Gasteiger partial charge is 0.469 e. The van der Waals surface area contributed by atoms with E-state index >= 15 is 0 Å². The average Bonchev–Trinajstić information content (AvgIpc) is 2.34. The van der Waals surface area contributed by atoms with E-state index in [2.05, 4.69) is 48.8 Å². The molecule has 1 heterocycles. The molecule has 0 fully saturated rings. The Morgan fingerprint density at radius 3 is 3.00 bits per heavy atom. The predicted octanol–water partition coefficient (Wildman–Crippen LogP) is 2.99. The molecular formula is C12H12BrFIN3O. The second kappa shape index (κ2) is 5.76. The minimum Gasteiger partial charge on any atom is -0.469 e. The molecule has 19 heavy (non-hydrogen) atoms. The van der Waals surface area contributed by atoms with Crippen LogP contribution in [0.5, 0.6) is 0 Å². The number of alkyl halides is 1. The van der Waals surface area contributed by atoms with Gasteiger partial charge in [0.2, 0.25) is 10.5 Å². The fourth-order valence-corrected chi connectivity index (χ4v) is 2.69. The van der Waals surface area contributed by atoms with E-state index in [4.69, 9.17) is 10.5 Å². The molecule has 0 aliphatic carbocycles. The van der Waals surface area contributed by atoms with Crippen molar-refractivity contribution >= 4 is 44.4 Å².